The van der Waals surface area contributed by atoms with Crippen molar-refractivity contribution in [2.75, 3.05) is 13.2 Å². The van der Waals surface area contributed by atoms with Crippen LogP contribution in [-0.2, 0) is 11.3 Å². The van der Waals surface area contributed by atoms with Gasteiger partial charge in [0, 0.05) is 19.3 Å². The van der Waals surface area contributed by atoms with Crippen molar-refractivity contribution < 1.29 is 19.1 Å². The van der Waals surface area contributed by atoms with Crippen LogP contribution in [0.15, 0.2) is 36.7 Å². The first-order valence-corrected chi connectivity index (χ1v) is 7.76. The molecule has 0 N–H and O–H groups in total. The molecular formula is C17H17N3O4. The third-order valence-electron chi connectivity index (χ3n) is 3.79. The van der Waals surface area contributed by atoms with Crippen molar-refractivity contribution in [3.8, 4) is 0 Å². The van der Waals surface area contributed by atoms with Crippen LogP contribution in [0.25, 0.3) is 0 Å². The molecular weight excluding hydrogens is 310 g/mol. The Morgan fingerprint density at radius 1 is 1.12 bits per heavy atom. The zero-order chi connectivity index (χ0) is 17.1. The number of carbonyl (C=O) groups is 3. The van der Waals surface area contributed by atoms with Gasteiger partial charge in [-0.15, -0.1) is 0 Å². The summed E-state index contributed by atoms with van der Waals surface area (Å²) in [5.41, 5.74) is 1.29. The van der Waals surface area contributed by atoms with Crippen molar-refractivity contribution in [2.24, 2.45) is 0 Å². The SMILES string of the molecule is CCOC(=O)c1cnn(CCCN2C(=O)c3ccccc3C2=O)c1. The summed E-state index contributed by atoms with van der Waals surface area (Å²) in [4.78, 5) is 37.3. The lowest BCUT2D eigenvalue weighted by Crippen LogP contribution is -2.31. The molecule has 0 unspecified atom stereocenters. The van der Waals surface area contributed by atoms with E-state index < -0.39 is 5.97 Å². The number of hydrogen-bond donors (Lipinski definition) is 0. The van der Waals surface area contributed by atoms with Crippen LogP contribution < -0.4 is 0 Å². The van der Waals surface area contributed by atoms with E-state index in [1.54, 1.807) is 42.1 Å². The standard InChI is InChI=1S/C17H17N3O4/c1-2-24-17(23)12-10-18-19(11-12)8-5-9-20-15(21)13-6-3-4-7-14(13)16(20)22/h3-4,6-7,10-11H,2,5,8-9H2,1H3. The number of ether oxygens (including phenoxy) is 1. The summed E-state index contributed by atoms with van der Waals surface area (Å²) in [7, 11) is 0. The maximum atomic E-state index is 12.2. The first kappa shape index (κ1) is 15.9. The second-order valence-corrected chi connectivity index (χ2v) is 5.37. The molecule has 0 aliphatic carbocycles. The monoisotopic (exact) mass is 327 g/mol. The molecule has 3 rings (SSSR count). The smallest absolute Gasteiger partial charge is 0.341 e. The number of aryl methyl sites for hydroxylation is 1. The van der Waals surface area contributed by atoms with Crippen molar-refractivity contribution in [3.63, 3.8) is 0 Å². The first-order chi connectivity index (χ1) is 11.6. The molecule has 1 aliphatic heterocycles. The minimum atomic E-state index is -0.413. The highest BCUT2D eigenvalue weighted by Gasteiger charge is 2.34. The molecule has 7 heteroatoms. The van der Waals surface area contributed by atoms with Gasteiger partial charge in [-0.1, -0.05) is 12.1 Å². The molecule has 1 aromatic carbocycles. The molecule has 0 fully saturated rings. The van der Waals surface area contributed by atoms with Gasteiger partial charge in [0.1, 0.15) is 0 Å². The Morgan fingerprint density at radius 3 is 2.42 bits per heavy atom. The van der Waals surface area contributed by atoms with Crippen LogP contribution in [0.4, 0.5) is 0 Å². The number of imide groups is 1. The second-order valence-electron chi connectivity index (χ2n) is 5.37. The number of hydrogen-bond acceptors (Lipinski definition) is 5. The molecule has 2 aromatic rings. The third-order valence-corrected chi connectivity index (χ3v) is 3.79. The number of fused-ring (bicyclic) bond motifs is 1. The van der Waals surface area contributed by atoms with Gasteiger partial charge >= 0.3 is 5.97 Å². The topological polar surface area (TPSA) is 81.5 Å². The van der Waals surface area contributed by atoms with Crippen molar-refractivity contribution in [1.82, 2.24) is 14.7 Å². The van der Waals surface area contributed by atoms with Crippen LogP contribution in [0.1, 0.15) is 44.4 Å². The highest BCUT2D eigenvalue weighted by Crippen LogP contribution is 2.22. The van der Waals surface area contributed by atoms with Crippen LogP contribution in [0.3, 0.4) is 0 Å². The van der Waals surface area contributed by atoms with Crippen LogP contribution >= 0.6 is 0 Å². The van der Waals surface area contributed by atoms with Crippen LogP contribution in [0.2, 0.25) is 0 Å². The molecule has 124 valence electrons. The van der Waals surface area contributed by atoms with Gasteiger partial charge < -0.3 is 4.74 Å². The highest BCUT2D eigenvalue weighted by atomic mass is 16.5. The average Bonchev–Trinajstić information content (AvgIpc) is 3.15. The van der Waals surface area contributed by atoms with Crippen molar-refractivity contribution in [3.05, 3.63) is 53.3 Å². The van der Waals surface area contributed by atoms with Gasteiger partial charge in [0.15, 0.2) is 0 Å². The van der Waals surface area contributed by atoms with E-state index in [0.717, 1.165) is 0 Å². The molecule has 1 aliphatic rings. The van der Waals surface area contributed by atoms with Gasteiger partial charge in [0.2, 0.25) is 0 Å². The predicted molar refractivity (Wildman–Crippen MR) is 84.6 cm³/mol. The predicted octanol–water partition coefficient (Wildman–Crippen LogP) is 1.75. The van der Waals surface area contributed by atoms with E-state index in [4.69, 9.17) is 4.74 Å². The molecule has 7 nitrogen and oxygen atoms in total. The molecule has 2 heterocycles. The Balaban J connectivity index is 1.57. The summed E-state index contributed by atoms with van der Waals surface area (Å²) in [6.07, 6.45) is 3.59. The fourth-order valence-electron chi connectivity index (χ4n) is 2.64. The number of carbonyl (C=O) groups excluding carboxylic acids is 3. The van der Waals surface area contributed by atoms with Crippen LogP contribution in [-0.4, -0.2) is 45.6 Å². The van der Waals surface area contributed by atoms with Crippen molar-refractivity contribution in [2.45, 2.75) is 19.9 Å². The molecule has 0 radical (unpaired) electrons. The minimum absolute atomic E-state index is 0.261. The maximum absolute atomic E-state index is 12.2. The third kappa shape index (κ3) is 2.92. The van der Waals surface area contributed by atoms with E-state index in [1.165, 1.54) is 11.1 Å². The summed E-state index contributed by atoms with van der Waals surface area (Å²) < 4.78 is 6.50. The normalized spacial score (nSPS) is 13.3. The summed E-state index contributed by atoms with van der Waals surface area (Å²) in [5, 5.41) is 4.09. The van der Waals surface area contributed by atoms with Gasteiger partial charge in [-0.2, -0.15) is 5.10 Å². The van der Waals surface area contributed by atoms with Crippen LogP contribution in [0, 0.1) is 0 Å². The van der Waals surface area contributed by atoms with Gasteiger partial charge in [-0.25, -0.2) is 4.79 Å². The number of nitrogens with zero attached hydrogens (tertiary/aromatic N) is 3. The molecule has 24 heavy (non-hydrogen) atoms. The number of amides is 2. The summed E-state index contributed by atoms with van der Waals surface area (Å²) >= 11 is 0. The van der Waals surface area contributed by atoms with Gasteiger partial charge in [0.05, 0.1) is 29.5 Å². The van der Waals surface area contributed by atoms with E-state index in [2.05, 4.69) is 5.10 Å². The molecule has 0 bridgehead atoms. The maximum Gasteiger partial charge on any atom is 0.341 e. The molecule has 0 atom stereocenters. The lowest BCUT2D eigenvalue weighted by molar-refractivity contribution is 0.0525. The molecule has 2 amide bonds. The van der Waals surface area contributed by atoms with Gasteiger partial charge in [-0.05, 0) is 25.5 Å². The van der Waals surface area contributed by atoms with E-state index in [-0.39, 0.29) is 11.8 Å². The largest absolute Gasteiger partial charge is 0.462 e. The van der Waals surface area contributed by atoms with Crippen LogP contribution in [0.5, 0.6) is 0 Å². The summed E-state index contributed by atoms with van der Waals surface area (Å²) in [6, 6.07) is 6.81. The summed E-state index contributed by atoms with van der Waals surface area (Å²) in [6.45, 7) is 2.85. The zero-order valence-corrected chi connectivity index (χ0v) is 13.3. The lowest BCUT2D eigenvalue weighted by Gasteiger charge is -2.13. The van der Waals surface area contributed by atoms with Gasteiger partial charge in [-0.3, -0.25) is 19.2 Å². The number of benzene rings is 1. The van der Waals surface area contributed by atoms with E-state index >= 15 is 0 Å². The lowest BCUT2D eigenvalue weighted by atomic mass is 10.1. The Kier molecular flexibility index (Phi) is 4.41. The first-order valence-electron chi connectivity index (χ1n) is 7.76. The number of aromatic nitrogens is 2. The second kappa shape index (κ2) is 6.66. The molecule has 0 saturated carbocycles. The Bertz CT molecular complexity index is 762. The quantitative estimate of drug-likeness (QED) is 0.596. The average molecular weight is 327 g/mol. The zero-order valence-electron chi connectivity index (χ0n) is 13.3. The van der Waals surface area contributed by atoms with E-state index in [1.807, 2.05) is 0 Å². The number of esters is 1. The molecule has 1 aromatic heterocycles. The fraction of sp³-hybridized carbons (Fsp3) is 0.294. The summed E-state index contributed by atoms with van der Waals surface area (Å²) in [5.74, 6) is -0.935. The minimum Gasteiger partial charge on any atom is -0.462 e. The van der Waals surface area contributed by atoms with Gasteiger partial charge in [0.25, 0.3) is 11.8 Å². The fourth-order valence-corrected chi connectivity index (χ4v) is 2.64. The Labute approximate surface area is 138 Å². The van der Waals surface area contributed by atoms with E-state index in [9.17, 15) is 14.4 Å². The molecule has 0 saturated heterocycles. The Hall–Kier alpha value is -2.96. The van der Waals surface area contributed by atoms with Crippen molar-refractivity contribution in [1.29, 1.82) is 0 Å². The molecule has 0 spiro atoms. The van der Waals surface area contributed by atoms with E-state index in [0.29, 0.717) is 42.8 Å². The van der Waals surface area contributed by atoms with Crippen molar-refractivity contribution >= 4 is 17.8 Å². The Morgan fingerprint density at radius 2 is 1.79 bits per heavy atom. The highest BCUT2D eigenvalue weighted by molar-refractivity contribution is 6.21. The number of rotatable bonds is 6.